The van der Waals surface area contributed by atoms with Gasteiger partial charge in [-0.25, -0.2) is 9.37 Å². The second-order valence-electron chi connectivity index (χ2n) is 4.14. The number of hydrogen-bond acceptors (Lipinski definition) is 4. The van der Waals surface area contributed by atoms with E-state index >= 15 is 0 Å². The summed E-state index contributed by atoms with van der Waals surface area (Å²) >= 11 is 3.34. The van der Waals surface area contributed by atoms with E-state index < -0.39 is 0 Å². The van der Waals surface area contributed by atoms with Crippen LogP contribution in [-0.4, -0.2) is 11.5 Å². The molecule has 102 valence electrons. The Balaban J connectivity index is 1.83. The van der Waals surface area contributed by atoms with Crippen molar-refractivity contribution in [3.05, 3.63) is 46.2 Å². The summed E-state index contributed by atoms with van der Waals surface area (Å²) in [4.78, 5) is 6.59. The Labute approximate surface area is 121 Å². The molecule has 2 rings (SSSR count). The largest absolute Gasteiger partial charge is 0.312 e. The highest BCUT2D eigenvalue weighted by atomic mass is 32.2. The highest BCUT2D eigenvalue weighted by Crippen LogP contribution is 2.25. The Bertz CT molecular complexity index is 514. The Kier molecular flexibility index (Phi) is 5.82. The van der Waals surface area contributed by atoms with Crippen LogP contribution in [0.15, 0.2) is 35.4 Å². The van der Waals surface area contributed by atoms with E-state index in [0.717, 1.165) is 35.2 Å². The van der Waals surface area contributed by atoms with Crippen molar-refractivity contribution in [3.8, 4) is 0 Å². The smallest absolute Gasteiger partial charge is 0.124 e. The summed E-state index contributed by atoms with van der Waals surface area (Å²) in [5.41, 5.74) is 0. The number of nitrogens with zero attached hydrogens (tertiary/aromatic N) is 1. The first-order chi connectivity index (χ1) is 9.28. The average molecular weight is 296 g/mol. The summed E-state index contributed by atoms with van der Waals surface area (Å²) in [6.07, 6.45) is 3.07. The molecule has 19 heavy (non-hydrogen) atoms. The molecule has 0 amide bonds. The fourth-order valence-corrected chi connectivity index (χ4v) is 3.42. The highest BCUT2D eigenvalue weighted by Gasteiger charge is 2.03. The normalized spacial score (nSPS) is 10.8. The fraction of sp³-hybridized carbons (Fsp3) is 0.357. The minimum atomic E-state index is -0.186. The van der Waals surface area contributed by atoms with Crippen molar-refractivity contribution in [3.63, 3.8) is 0 Å². The zero-order chi connectivity index (χ0) is 13.5. The highest BCUT2D eigenvalue weighted by molar-refractivity contribution is 7.98. The molecule has 0 aliphatic heterocycles. The van der Waals surface area contributed by atoms with E-state index in [1.54, 1.807) is 35.2 Å². The van der Waals surface area contributed by atoms with Crippen molar-refractivity contribution >= 4 is 23.1 Å². The maximum atomic E-state index is 13.0. The Morgan fingerprint density at radius 1 is 1.42 bits per heavy atom. The van der Waals surface area contributed by atoms with Crippen LogP contribution in [0, 0.1) is 5.82 Å². The number of halogens is 1. The second-order valence-corrected chi connectivity index (χ2v) is 6.39. The third-order valence-electron chi connectivity index (χ3n) is 2.49. The van der Waals surface area contributed by atoms with Gasteiger partial charge >= 0.3 is 0 Å². The van der Waals surface area contributed by atoms with E-state index in [1.165, 1.54) is 10.9 Å². The van der Waals surface area contributed by atoms with Gasteiger partial charge in [0.05, 0.1) is 5.75 Å². The third-order valence-corrected chi connectivity index (χ3v) is 4.67. The van der Waals surface area contributed by atoms with Crippen molar-refractivity contribution in [2.45, 2.75) is 30.5 Å². The van der Waals surface area contributed by atoms with E-state index in [0.29, 0.717) is 0 Å². The van der Waals surface area contributed by atoms with Gasteiger partial charge in [0.2, 0.25) is 0 Å². The number of benzene rings is 1. The van der Waals surface area contributed by atoms with Gasteiger partial charge in [-0.1, -0.05) is 13.0 Å². The molecule has 0 aliphatic rings. The monoisotopic (exact) mass is 296 g/mol. The maximum Gasteiger partial charge on any atom is 0.124 e. The van der Waals surface area contributed by atoms with Crippen molar-refractivity contribution < 1.29 is 4.39 Å². The SMILES string of the molecule is CCCNCc1cnc(CSc2cccc(F)c2)s1. The Morgan fingerprint density at radius 2 is 2.32 bits per heavy atom. The summed E-state index contributed by atoms with van der Waals surface area (Å²) in [7, 11) is 0. The molecular weight excluding hydrogens is 279 g/mol. The zero-order valence-corrected chi connectivity index (χ0v) is 12.5. The van der Waals surface area contributed by atoms with E-state index in [1.807, 2.05) is 12.3 Å². The van der Waals surface area contributed by atoms with Gasteiger partial charge in [-0.15, -0.1) is 23.1 Å². The van der Waals surface area contributed by atoms with Gasteiger partial charge in [-0.05, 0) is 31.2 Å². The van der Waals surface area contributed by atoms with Gasteiger partial charge in [0.1, 0.15) is 10.8 Å². The minimum absolute atomic E-state index is 0.186. The van der Waals surface area contributed by atoms with E-state index in [4.69, 9.17) is 0 Å². The van der Waals surface area contributed by atoms with Crippen LogP contribution in [0.25, 0.3) is 0 Å². The predicted octanol–water partition coefficient (Wildman–Crippen LogP) is 4.07. The fourth-order valence-electron chi connectivity index (χ4n) is 1.59. The van der Waals surface area contributed by atoms with Crippen LogP contribution in [0.2, 0.25) is 0 Å². The van der Waals surface area contributed by atoms with Gasteiger partial charge in [-0.2, -0.15) is 0 Å². The first-order valence-electron chi connectivity index (χ1n) is 6.30. The maximum absolute atomic E-state index is 13.0. The molecule has 2 aromatic rings. The lowest BCUT2D eigenvalue weighted by molar-refractivity contribution is 0.624. The van der Waals surface area contributed by atoms with Crippen molar-refractivity contribution in [2.24, 2.45) is 0 Å². The molecule has 0 fully saturated rings. The average Bonchev–Trinajstić information content (AvgIpc) is 2.85. The van der Waals surface area contributed by atoms with Gasteiger partial charge in [-0.3, -0.25) is 0 Å². The summed E-state index contributed by atoms with van der Waals surface area (Å²) in [6.45, 7) is 4.07. The molecule has 0 saturated carbocycles. The molecular formula is C14H17FN2S2. The van der Waals surface area contributed by atoms with Crippen LogP contribution in [0.4, 0.5) is 4.39 Å². The lowest BCUT2D eigenvalue weighted by Gasteiger charge is -1.99. The van der Waals surface area contributed by atoms with Gasteiger partial charge in [0, 0.05) is 22.5 Å². The van der Waals surface area contributed by atoms with Gasteiger partial charge in [0.25, 0.3) is 0 Å². The number of hydrogen-bond donors (Lipinski definition) is 1. The summed E-state index contributed by atoms with van der Waals surface area (Å²) < 4.78 is 13.0. The number of nitrogens with one attached hydrogen (secondary N) is 1. The summed E-state index contributed by atoms with van der Waals surface area (Å²) in [6, 6.07) is 6.68. The quantitative estimate of drug-likeness (QED) is 0.616. The summed E-state index contributed by atoms with van der Waals surface area (Å²) in [5.74, 6) is 0.607. The Hall–Kier alpha value is -0.910. The number of thioether (sulfide) groups is 1. The van der Waals surface area contributed by atoms with E-state index in [2.05, 4.69) is 17.2 Å². The minimum Gasteiger partial charge on any atom is -0.312 e. The van der Waals surface area contributed by atoms with Crippen LogP contribution in [0.1, 0.15) is 23.2 Å². The lowest BCUT2D eigenvalue weighted by atomic mass is 10.4. The molecule has 1 aromatic heterocycles. The molecule has 0 bridgehead atoms. The molecule has 5 heteroatoms. The first kappa shape index (κ1) is 14.5. The van der Waals surface area contributed by atoms with Crippen LogP contribution in [0.5, 0.6) is 0 Å². The molecule has 0 atom stereocenters. The molecule has 1 aromatic carbocycles. The molecule has 0 aliphatic carbocycles. The van der Waals surface area contributed by atoms with Gasteiger partial charge in [0.15, 0.2) is 0 Å². The van der Waals surface area contributed by atoms with E-state index in [-0.39, 0.29) is 5.82 Å². The van der Waals surface area contributed by atoms with Crippen LogP contribution in [0.3, 0.4) is 0 Å². The molecule has 0 saturated heterocycles. The lowest BCUT2D eigenvalue weighted by Crippen LogP contribution is -2.12. The molecule has 0 spiro atoms. The predicted molar refractivity (Wildman–Crippen MR) is 80.1 cm³/mol. The molecule has 1 heterocycles. The molecule has 2 nitrogen and oxygen atoms in total. The van der Waals surface area contributed by atoms with Crippen molar-refractivity contribution in [1.29, 1.82) is 0 Å². The van der Waals surface area contributed by atoms with Gasteiger partial charge < -0.3 is 5.32 Å². The van der Waals surface area contributed by atoms with Crippen molar-refractivity contribution in [2.75, 3.05) is 6.54 Å². The standard InChI is InChI=1S/C14H17FN2S2/c1-2-6-16-8-13-9-17-14(19-13)10-18-12-5-3-4-11(15)7-12/h3-5,7,9,16H,2,6,8,10H2,1H3. The van der Waals surface area contributed by atoms with Crippen LogP contribution < -0.4 is 5.32 Å². The number of rotatable bonds is 7. The molecule has 1 N–H and O–H groups in total. The Morgan fingerprint density at radius 3 is 3.11 bits per heavy atom. The third kappa shape index (κ3) is 4.93. The zero-order valence-electron chi connectivity index (χ0n) is 10.9. The van der Waals surface area contributed by atoms with Crippen LogP contribution >= 0.6 is 23.1 Å². The molecule has 0 radical (unpaired) electrons. The second kappa shape index (κ2) is 7.62. The topological polar surface area (TPSA) is 24.9 Å². The van der Waals surface area contributed by atoms with Crippen LogP contribution in [-0.2, 0) is 12.3 Å². The summed E-state index contributed by atoms with van der Waals surface area (Å²) in [5, 5.41) is 4.45. The number of aromatic nitrogens is 1. The number of thiazole rings is 1. The van der Waals surface area contributed by atoms with Crippen molar-refractivity contribution in [1.82, 2.24) is 10.3 Å². The van der Waals surface area contributed by atoms with E-state index in [9.17, 15) is 4.39 Å². The molecule has 0 unspecified atom stereocenters. The first-order valence-corrected chi connectivity index (χ1v) is 8.11.